The summed E-state index contributed by atoms with van der Waals surface area (Å²) < 4.78 is 0. The third-order valence-corrected chi connectivity index (χ3v) is 3.85. The molecular formula is C18H30N2O. The second-order valence-corrected chi connectivity index (χ2v) is 5.77. The summed E-state index contributed by atoms with van der Waals surface area (Å²) in [5.41, 5.74) is 7.99. The lowest BCUT2D eigenvalue weighted by Crippen LogP contribution is -2.26. The van der Waals surface area contributed by atoms with Crippen LogP contribution >= 0.6 is 0 Å². The number of hydrogen-bond donors (Lipinski definition) is 2. The first kappa shape index (κ1) is 17.5. The third kappa shape index (κ3) is 6.65. The monoisotopic (exact) mass is 290 g/mol. The first-order valence-electron chi connectivity index (χ1n) is 8.30. The van der Waals surface area contributed by atoms with Crippen LogP contribution < -0.4 is 11.1 Å². The van der Waals surface area contributed by atoms with Crippen molar-refractivity contribution in [2.24, 2.45) is 0 Å². The van der Waals surface area contributed by atoms with Crippen molar-refractivity contribution in [2.75, 3.05) is 12.3 Å². The number of nitrogens with one attached hydrogen (secondary N) is 1. The Balaban J connectivity index is 2.14. The van der Waals surface area contributed by atoms with Gasteiger partial charge in [-0.1, -0.05) is 64.0 Å². The number of anilines is 1. The number of carbonyl (C=O) groups excluding carboxylic acids is 1. The fourth-order valence-electron chi connectivity index (χ4n) is 2.55. The maximum absolute atomic E-state index is 12.1. The van der Waals surface area contributed by atoms with Gasteiger partial charge in [-0.25, -0.2) is 0 Å². The van der Waals surface area contributed by atoms with Crippen molar-refractivity contribution in [2.45, 2.75) is 65.2 Å². The van der Waals surface area contributed by atoms with Crippen LogP contribution in [0.5, 0.6) is 0 Å². The molecule has 0 aliphatic heterocycles. The Bertz CT molecular complexity index is 409. The van der Waals surface area contributed by atoms with Gasteiger partial charge in [0.25, 0.3) is 5.91 Å². The first-order valence-corrected chi connectivity index (χ1v) is 8.30. The molecule has 118 valence electrons. The number of aryl methyl sites for hydroxylation is 1. The molecule has 0 aromatic heterocycles. The van der Waals surface area contributed by atoms with Crippen molar-refractivity contribution < 1.29 is 4.79 Å². The molecule has 0 heterocycles. The highest BCUT2D eigenvalue weighted by Crippen LogP contribution is 2.15. The molecule has 3 nitrogen and oxygen atoms in total. The number of amides is 1. The summed E-state index contributed by atoms with van der Waals surface area (Å²) in [4.78, 5) is 12.1. The Morgan fingerprint density at radius 1 is 1.05 bits per heavy atom. The van der Waals surface area contributed by atoms with Crippen LogP contribution in [-0.2, 0) is 0 Å². The molecule has 0 bridgehead atoms. The van der Waals surface area contributed by atoms with Gasteiger partial charge >= 0.3 is 0 Å². The Hall–Kier alpha value is -1.51. The maximum Gasteiger partial charge on any atom is 0.253 e. The number of hydrogen-bond acceptors (Lipinski definition) is 2. The third-order valence-electron chi connectivity index (χ3n) is 3.85. The molecule has 1 amide bonds. The van der Waals surface area contributed by atoms with Crippen LogP contribution in [0.15, 0.2) is 18.2 Å². The van der Waals surface area contributed by atoms with E-state index in [0.29, 0.717) is 11.3 Å². The zero-order valence-electron chi connectivity index (χ0n) is 13.6. The van der Waals surface area contributed by atoms with Crippen molar-refractivity contribution in [3.63, 3.8) is 0 Å². The summed E-state index contributed by atoms with van der Waals surface area (Å²) in [6.45, 7) is 4.90. The smallest absolute Gasteiger partial charge is 0.253 e. The topological polar surface area (TPSA) is 55.1 Å². The minimum absolute atomic E-state index is 0.0476. The molecule has 0 saturated heterocycles. The van der Waals surface area contributed by atoms with Crippen molar-refractivity contribution >= 4 is 11.6 Å². The molecule has 1 aromatic rings. The van der Waals surface area contributed by atoms with Gasteiger partial charge in [-0.15, -0.1) is 0 Å². The molecule has 1 aromatic carbocycles. The largest absolute Gasteiger partial charge is 0.398 e. The summed E-state index contributed by atoms with van der Waals surface area (Å²) in [7, 11) is 0. The number of unbranched alkanes of at least 4 members (excludes halogenated alkanes) is 7. The van der Waals surface area contributed by atoms with Crippen molar-refractivity contribution in [3.8, 4) is 0 Å². The molecular weight excluding hydrogens is 260 g/mol. The van der Waals surface area contributed by atoms with E-state index in [9.17, 15) is 4.79 Å². The lowest BCUT2D eigenvalue weighted by atomic mass is 10.1. The molecule has 0 radical (unpaired) electrons. The Kier molecular flexibility index (Phi) is 8.56. The molecule has 3 heteroatoms. The first-order chi connectivity index (χ1) is 10.2. The number of carbonyl (C=O) groups is 1. The van der Waals surface area contributed by atoms with Crippen LogP contribution in [0.3, 0.4) is 0 Å². The normalized spacial score (nSPS) is 10.6. The van der Waals surface area contributed by atoms with E-state index in [2.05, 4.69) is 12.2 Å². The SMILES string of the molecule is CCCCCCCCCCNC(=O)c1c(C)cccc1N. The molecule has 0 saturated carbocycles. The summed E-state index contributed by atoms with van der Waals surface area (Å²) in [6.07, 6.45) is 10.2. The molecule has 3 N–H and O–H groups in total. The van der Waals surface area contributed by atoms with Gasteiger partial charge in [-0.05, 0) is 25.0 Å². The molecule has 21 heavy (non-hydrogen) atoms. The van der Waals surface area contributed by atoms with Gasteiger partial charge in [0.05, 0.1) is 5.56 Å². The summed E-state index contributed by atoms with van der Waals surface area (Å²) in [5.74, 6) is -0.0476. The van der Waals surface area contributed by atoms with E-state index < -0.39 is 0 Å². The van der Waals surface area contributed by atoms with Crippen molar-refractivity contribution in [3.05, 3.63) is 29.3 Å². The van der Waals surface area contributed by atoms with E-state index in [0.717, 1.165) is 18.5 Å². The fourth-order valence-corrected chi connectivity index (χ4v) is 2.55. The predicted molar refractivity (Wildman–Crippen MR) is 90.5 cm³/mol. The average molecular weight is 290 g/mol. The minimum Gasteiger partial charge on any atom is -0.398 e. The quantitative estimate of drug-likeness (QED) is 0.494. The summed E-state index contributed by atoms with van der Waals surface area (Å²) in [5, 5.41) is 2.97. The van der Waals surface area contributed by atoms with Gasteiger partial charge in [0.2, 0.25) is 0 Å². The molecule has 0 atom stereocenters. The van der Waals surface area contributed by atoms with Gasteiger partial charge < -0.3 is 11.1 Å². The predicted octanol–water partition coefficient (Wildman–Crippen LogP) is 4.45. The Morgan fingerprint density at radius 3 is 2.29 bits per heavy atom. The summed E-state index contributed by atoms with van der Waals surface area (Å²) in [6, 6.07) is 5.57. The van der Waals surface area contributed by atoms with E-state index >= 15 is 0 Å². The lowest BCUT2D eigenvalue weighted by Gasteiger charge is -2.10. The van der Waals surface area contributed by atoms with Gasteiger partial charge in [0, 0.05) is 12.2 Å². The molecule has 0 unspecified atom stereocenters. The number of nitrogen functional groups attached to an aromatic ring is 1. The minimum atomic E-state index is -0.0476. The van der Waals surface area contributed by atoms with E-state index in [4.69, 9.17) is 5.73 Å². The Labute approximate surface area is 129 Å². The maximum atomic E-state index is 12.1. The van der Waals surface area contributed by atoms with E-state index in [1.165, 1.54) is 44.9 Å². The van der Waals surface area contributed by atoms with Crippen LogP contribution in [0, 0.1) is 6.92 Å². The van der Waals surface area contributed by atoms with Crippen LogP contribution in [0.2, 0.25) is 0 Å². The zero-order valence-corrected chi connectivity index (χ0v) is 13.6. The molecule has 0 spiro atoms. The molecule has 1 rings (SSSR count). The summed E-state index contributed by atoms with van der Waals surface area (Å²) >= 11 is 0. The van der Waals surface area contributed by atoms with E-state index in [1.54, 1.807) is 6.07 Å². The Morgan fingerprint density at radius 2 is 1.67 bits per heavy atom. The zero-order chi connectivity index (χ0) is 15.5. The highest BCUT2D eigenvalue weighted by Gasteiger charge is 2.11. The molecule has 0 fully saturated rings. The highest BCUT2D eigenvalue weighted by atomic mass is 16.1. The van der Waals surface area contributed by atoms with Crippen LogP contribution in [0.25, 0.3) is 0 Å². The van der Waals surface area contributed by atoms with Gasteiger partial charge in [0.15, 0.2) is 0 Å². The van der Waals surface area contributed by atoms with Crippen LogP contribution in [0.1, 0.15) is 74.2 Å². The molecule has 0 aliphatic rings. The van der Waals surface area contributed by atoms with E-state index in [1.807, 2.05) is 19.1 Å². The van der Waals surface area contributed by atoms with Crippen LogP contribution in [0.4, 0.5) is 5.69 Å². The second kappa shape index (κ2) is 10.3. The fraction of sp³-hybridized carbons (Fsp3) is 0.611. The van der Waals surface area contributed by atoms with E-state index in [-0.39, 0.29) is 5.91 Å². The molecule has 0 aliphatic carbocycles. The van der Waals surface area contributed by atoms with Crippen LogP contribution in [-0.4, -0.2) is 12.5 Å². The standard InChI is InChI=1S/C18H30N2O/c1-3-4-5-6-7-8-9-10-14-20-18(21)17-15(2)12-11-13-16(17)19/h11-13H,3-10,14,19H2,1-2H3,(H,20,21). The number of rotatable bonds is 10. The second-order valence-electron chi connectivity index (χ2n) is 5.77. The van der Waals surface area contributed by atoms with Gasteiger partial charge in [-0.2, -0.15) is 0 Å². The van der Waals surface area contributed by atoms with Gasteiger partial charge in [0.1, 0.15) is 0 Å². The number of nitrogens with two attached hydrogens (primary N) is 1. The average Bonchev–Trinajstić information content (AvgIpc) is 2.45. The number of benzene rings is 1. The highest BCUT2D eigenvalue weighted by molar-refractivity contribution is 6.00. The van der Waals surface area contributed by atoms with Gasteiger partial charge in [-0.3, -0.25) is 4.79 Å². The van der Waals surface area contributed by atoms with Crippen molar-refractivity contribution in [1.82, 2.24) is 5.32 Å². The lowest BCUT2D eigenvalue weighted by molar-refractivity contribution is 0.0953. The van der Waals surface area contributed by atoms with Crippen molar-refractivity contribution in [1.29, 1.82) is 0 Å².